The van der Waals surface area contributed by atoms with E-state index in [2.05, 4.69) is 25.8 Å². The Bertz CT molecular complexity index is 472. The molecule has 0 N–H and O–H groups in total. The highest BCUT2D eigenvalue weighted by molar-refractivity contribution is 7.98. The molecule has 0 saturated carbocycles. The number of rotatable bonds is 3. The highest BCUT2D eigenvalue weighted by atomic mass is 32.2. The topological polar surface area (TPSA) is 20.3 Å². The first-order chi connectivity index (χ1) is 7.51. The minimum Gasteiger partial charge on any atom is -0.248 e. The normalized spacial score (nSPS) is 20.4. The largest absolute Gasteiger partial charge is 0.248 e. The molecule has 0 aromatic heterocycles. The van der Waals surface area contributed by atoms with Gasteiger partial charge in [0.05, 0.1) is 9.71 Å². The van der Waals surface area contributed by atoms with Crippen LogP contribution in [0.25, 0.3) is 0 Å². The predicted octanol–water partition coefficient (Wildman–Crippen LogP) is 2.51. The van der Waals surface area contributed by atoms with Gasteiger partial charge in [-0.05, 0) is 35.9 Å². The highest BCUT2D eigenvalue weighted by Crippen LogP contribution is 2.24. The van der Waals surface area contributed by atoms with E-state index in [-0.39, 0.29) is 0 Å². The van der Waals surface area contributed by atoms with E-state index in [0.29, 0.717) is 5.92 Å². The molecule has 1 atom stereocenters. The van der Waals surface area contributed by atoms with Gasteiger partial charge in [0.15, 0.2) is 0 Å². The first-order valence-corrected chi connectivity index (χ1v) is 7.42. The highest BCUT2D eigenvalue weighted by Gasteiger charge is 2.24. The van der Waals surface area contributed by atoms with E-state index in [1.54, 1.807) is 0 Å². The van der Waals surface area contributed by atoms with Crippen molar-refractivity contribution in [1.29, 1.82) is 0 Å². The molecule has 1 aromatic rings. The maximum Gasteiger partial charge on any atom is 0.0558 e. The van der Waals surface area contributed by atoms with Crippen molar-refractivity contribution in [3.05, 3.63) is 29.8 Å². The monoisotopic (exact) mass is 237 g/mol. The maximum absolute atomic E-state index is 12.6. The molecular weight excluding hydrogens is 218 g/mol. The van der Waals surface area contributed by atoms with Crippen molar-refractivity contribution < 1.29 is 4.21 Å². The van der Waals surface area contributed by atoms with E-state index in [4.69, 9.17) is 0 Å². The number of benzene rings is 1. The molecule has 0 amide bonds. The Hall–Kier alpha value is -0.800. The molecule has 2 nitrogen and oxygen atoms in total. The van der Waals surface area contributed by atoms with Crippen LogP contribution in [-0.2, 0) is 9.71 Å². The van der Waals surface area contributed by atoms with Crippen LogP contribution in [0.4, 0.5) is 0 Å². The summed E-state index contributed by atoms with van der Waals surface area (Å²) in [5.74, 6) is 4.38. The molecule has 2 rings (SSSR count). The van der Waals surface area contributed by atoms with Gasteiger partial charge in [0.25, 0.3) is 0 Å². The molecule has 3 heteroatoms. The van der Waals surface area contributed by atoms with Crippen LogP contribution in [0.2, 0.25) is 0 Å². The van der Waals surface area contributed by atoms with Crippen LogP contribution in [0.15, 0.2) is 29.2 Å². The van der Waals surface area contributed by atoms with Gasteiger partial charge in [0, 0.05) is 18.0 Å². The zero-order valence-corrected chi connectivity index (χ0v) is 10.8. The lowest BCUT2D eigenvalue weighted by atomic mass is 10.0. The standard InChI is InChI=1S/C13H19NOS/c1-11(2)12-6-4-7-13(10-12)16(3,15)14-8-5-9-14/h4,6-7,10-11H,3,5,8-9H2,1-2H3. The molecule has 1 saturated heterocycles. The third-order valence-electron chi connectivity index (χ3n) is 3.13. The summed E-state index contributed by atoms with van der Waals surface area (Å²) in [5, 5.41) is 0. The lowest BCUT2D eigenvalue weighted by Gasteiger charge is -2.33. The summed E-state index contributed by atoms with van der Waals surface area (Å²) in [6.45, 7) is 6.11. The summed E-state index contributed by atoms with van der Waals surface area (Å²) in [4.78, 5) is 0.874. The third kappa shape index (κ3) is 2.02. The summed E-state index contributed by atoms with van der Waals surface area (Å²) < 4.78 is 14.5. The smallest absolute Gasteiger partial charge is 0.0558 e. The van der Waals surface area contributed by atoms with Gasteiger partial charge in [-0.25, -0.2) is 8.51 Å². The van der Waals surface area contributed by atoms with Crippen LogP contribution < -0.4 is 0 Å². The molecule has 1 fully saturated rings. The van der Waals surface area contributed by atoms with Crippen molar-refractivity contribution >= 4 is 15.6 Å². The molecule has 88 valence electrons. The molecule has 1 heterocycles. The van der Waals surface area contributed by atoms with E-state index in [1.165, 1.54) is 5.56 Å². The SMILES string of the molecule is C=S(=O)(c1cccc(C(C)C)c1)N1CCC1. The molecular formula is C13H19NOS. The van der Waals surface area contributed by atoms with Gasteiger partial charge in [0.2, 0.25) is 0 Å². The Balaban J connectivity index is 2.36. The molecule has 0 aliphatic carbocycles. The average molecular weight is 237 g/mol. The number of hydrogen-bond donors (Lipinski definition) is 0. The first-order valence-electron chi connectivity index (χ1n) is 5.74. The Labute approximate surface area is 98.4 Å². The van der Waals surface area contributed by atoms with Gasteiger partial charge in [-0.15, -0.1) is 0 Å². The Morgan fingerprint density at radius 1 is 1.38 bits per heavy atom. The van der Waals surface area contributed by atoms with Gasteiger partial charge >= 0.3 is 0 Å². The van der Waals surface area contributed by atoms with Gasteiger partial charge in [-0.2, -0.15) is 0 Å². The summed E-state index contributed by atoms with van der Waals surface area (Å²) >= 11 is 0. The number of nitrogens with zero attached hydrogens (tertiary/aromatic N) is 1. The average Bonchev–Trinajstić information content (AvgIpc) is 2.14. The molecule has 1 aliphatic heterocycles. The fourth-order valence-corrected chi connectivity index (χ4v) is 3.56. The van der Waals surface area contributed by atoms with Gasteiger partial charge in [0.1, 0.15) is 0 Å². The Morgan fingerprint density at radius 2 is 2.06 bits per heavy atom. The van der Waals surface area contributed by atoms with Crippen molar-refractivity contribution in [2.75, 3.05) is 13.1 Å². The summed E-state index contributed by atoms with van der Waals surface area (Å²) in [7, 11) is -2.22. The van der Waals surface area contributed by atoms with E-state index in [1.807, 2.05) is 22.5 Å². The van der Waals surface area contributed by atoms with Crippen LogP contribution in [0, 0.1) is 0 Å². The summed E-state index contributed by atoms with van der Waals surface area (Å²) in [6, 6.07) is 8.03. The van der Waals surface area contributed by atoms with E-state index in [9.17, 15) is 4.21 Å². The second-order valence-corrected chi connectivity index (χ2v) is 6.92. The minimum atomic E-state index is -2.22. The molecule has 1 aromatic carbocycles. The van der Waals surface area contributed by atoms with Gasteiger partial charge in [-0.1, -0.05) is 26.0 Å². The van der Waals surface area contributed by atoms with Crippen LogP contribution in [-0.4, -0.2) is 27.5 Å². The second-order valence-electron chi connectivity index (χ2n) is 4.65. The molecule has 0 radical (unpaired) electrons. The Morgan fingerprint density at radius 3 is 2.56 bits per heavy atom. The van der Waals surface area contributed by atoms with Crippen molar-refractivity contribution in [2.24, 2.45) is 0 Å². The quantitative estimate of drug-likeness (QED) is 0.740. The predicted molar refractivity (Wildman–Crippen MR) is 70.3 cm³/mol. The number of hydrogen-bond acceptors (Lipinski definition) is 1. The van der Waals surface area contributed by atoms with Crippen molar-refractivity contribution in [3.63, 3.8) is 0 Å². The van der Waals surface area contributed by atoms with Crippen molar-refractivity contribution in [1.82, 2.24) is 4.31 Å². The second kappa shape index (κ2) is 4.22. The Kier molecular flexibility index (Phi) is 3.08. The lowest BCUT2D eigenvalue weighted by molar-refractivity contribution is 0.326. The van der Waals surface area contributed by atoms with Crippen LogP contribution >= 0.6 is 0 Å². The summed E-state index contributed by atoms with van der Waals surface area (Å²) in [5.41, 5.74) is 1.23. The zero-order chi connectivity index (χ0) is 11.8. The van der Waals surface area contributed by atoms with E-state index < -0.39 is 9.71 Å². The van der Waals surface area contributed by atoms with Crippen LogP contribution in [0.1, 0.15) is 31.7 Å². The molecule has 1 aliphatic rings. The molecule has 0 bridgehead atoms. The minimum absolute atomic E-state index is 0.464. The van der Waals surface area contributed by atoms with Gasteiger partial charge in [-0.3, -0.25) is 0 Å². The van der Waals surface area contributed by atoms with Crippen LogP contribution in [0.5, 0.6) is 0 Å². The van der Waals surface area contributed by atoms with E-state index in [0.717, 1.165) is 24.4 Å². The fraction of sp³-hybridized carbons (Fsp3) is 0.462. The van der Waals surface area contributed by atoms with Crippen molar-refractivity contribution in [2.45, 2.75) is 31.1 Å². The van der Waals surface area contributed by atoms with E-state index >= 15 is 0 Å². The molecule has 0 spiro atoms. The lowest BCUT2D eigenvalue weighted by Crippen LogP contribution is -2.41. The van der Waals surface area contributed by atoms with Crippen molar-refractivity contribution in [3.8, 4) is 0 Å². The molecule has 1 unspecified atom stereocenters. The van der Waals surface area contributed by atoms with Gasteiger partial charge < -0.3 is 0 Å². The molecule has 16 heavy (non-hydrogen) atoms. The zero-order valence-electron chi connectivity index (χ0n) is 9.98. The first kappa shape index (κ1) is 11.7. The summed E-state index contributed by atoms with van der Waals surface area (Å²) in [6.07, 6.45) is 1.14. The third-order valence-corrected chi connectivity index (χ3v) is 5.32. The van der Waals surface area contributed by atoms with Crippen LogP contribution in [0.3, 0.4) is 0 Å². The maximum atomic E-state index is 12.6. The fourth-order valence-electron chi connectivity index (χ4n) is 1.80.